The van der Waals surface area contributed by atoms with Gasteiger partial charge in [0.2, 0.25) is 0 Å². The Hall–Kier alpha value is -1.04. The molecule has 81 valence electrons. The van der Waals surface area contributed by atoms with Gasteiger partial charge >= 0.3 is 0 Å². The van der Waals surface area contributed by atoms with Crippen LogP contribution in [0.3, 0.4) is 0 Å². The van der Waals surface area contributed by atoms with Crippen molar-refractivity contribution in [3.8, 4) is 0 Å². The quantitative estimate of drug-likeness (QED) is 0.629. The molecular formula is C15H21. The highest BCUT2D eigenvalue weighted by Gasteiger charge is 1.99. The molecule has 0 unspecified atom stereocenters. The van der Waals surface area contributed by atoms with Crippen molar-refractivity contribution in [3.63, 3.8) is 0 Å². The minimum absolute atomic E-state index is 1.14. The molecule has 0 heteroatoms. The first kappa shape index (κ1) is 12.0. The molecule has 0 amide bonds. The second-order valence-corrected chi connectivity index (χ2v) is 4.26. The van der Waals surface area contributed by atoms with Gasteiger partial charge in [-0.25, -0.2) is 0 Å². The summed E-state index contributed by atoms with van der Waals surface area (Å²) in [5, 5.41) is 0. The SMILES string of the molecule is CCCC/C=[C]\c1c(C)cc(C)cc1C. The summed E-state index contributed by atoms with van der Waals surface area (Å²) in [4.78, 5) is 0. The van der Waals surface area contributed by atoms with Crippen LogP contribution >= 0.6 is 0 Å². The van der Waals surface area contributed by atoms with Gasteiger partial charge in [-0.2, -0.15) is 0 Å². The van der Waals surface area contributed by atoms with E-state index in [-0.39, 0.29) is 0 Å². The summed E-state index contributed by atoms with van der Waals surface area (Å²) in [6, 6.07) is 4.45. The highest BCUT2D eigenvalue weighted by Crippen LogP contribution is 2.16. The normalized spacial score (nSPS) is 11.2. The van der Waals surface area contributed by atoms with Gasteiger partial charge in [0.15, 0.2) is 0 Å². The van der Waals surface area contributed by atoms with E-state index >= 15 is 0 Å². The Labute approximate surface area is 94.0 Å². The second kappa shape index (κ2) is 5.75. The van der Waals surface area contributed by atoms with E-state index in [0.29, 0.717) is 0 Å². The maximum atomic E-state index is 3.42. The van der Waals surface area contributed by atoms with Gasteiger partial charge in [0.1, 0.15) is 0 Å². The number of aryl methyl sites for hydroxylation is 3. The molecular weight excluding hydrogens is 180 g/mol. The first-order valence-electron chi connectivity index (χ1n) is 5.81. The molecule has 1 aromatic carbocycles. The molecule has 0 fully saturated rings. The van der Waals surface area contributed by atoms with Gasteiger partial charge < -0.3 is 0 Å². The Kier molecular flexibility index (Phi) is 4.61. The molecule has 15 heavy (non-hydrogen) atoms. The van der Waals surface area contributed by atoms with Crippen molar-refractivity contribution in [1.82, 2.24) is 0 Å². The molecule has 1 radical (unpaired) electrons. The molecule has 0 heterocycles. The van der Waals surface area contributed by atoms with Crippen LogP contribution in [-0.2, 0) is 0 Å². The summed E-state index contributed by atoms with van der Waals surface area (Å²) in [6.45, 7) is 8.69. The minimum atomic E-state index is 1.14. The summed E-state index contributed by atoms with van der Waals surface area (Å²) >= 11 is 0. The third-order valence-corrected chi connectivity index (χ3v) is 2.63. The van der Waals surface area contributed by atoms with E-state index in [4.69, 9.17) is 0 Å². The number of rotatable bonds is 4. The monoisotopic (exact) mass is 201 g/mol. The standard InChI is InChI=1S/C15H21/c1-5-6-7-8-9-15-13(3)10-12(2)11-14(15)4/h8,10-11H,5-7H2,1-4H3. The summed E-state index contributed by atoms with van der Waals surface area (Å²) in [7, 11) is 0. The summed E-state index contributed by atoms with van der Waals surface area (Å²) in [6.07, 6.45) is 9.25. The smallest absolute Gasteiger partial charge is 0.0122 e. The van der Waals surface area contributed by atoms with Crippen molar-refractivity contribution in [2.45, 2.75) is 47.0 Å². The van der Waals surface area contributed by atoms with Crippen molar-refractivity contribution in [2.24, 2.45) is 0 Å². The zero-order valence-corrected chi connectivity index (χ0v) is 10.4. The zero-order chi connectivity index (χ0) is 11.3. The van der Waals surface area contributed by atoms with E-state index in [1.807, 2.05) is 0 Å². The fraction of sp³-hybridized carbons (Fsp3) is 0.467. The van der Waals surface area contributed by atoms with Gasteiger partial charge in [-0.05, 0) is 50.0 Å². The topological polar surface area (TPSA) is 0 Å². The van der Waals surface area contributed by atoms with E-state index in [1.54, 1.807) is 0 Å². The molecule has 0 spiro atoms. The fourth-order valence-electron chi connectivity index (χ4n) is 1.89. The van der Waals surface area contributed by atoms with Crippen LogP contribution in [0.25, 0.3) is 0 Å². The molecule has 1 rings (SSSR count). The van der Waals surface area contributed by atoms with Crippen LogP contribution in [0.15, 0.2) is 18.2 Å². The molecule has 0 bridgehead atoms. The Morgan fingerprint density at radius 3 is 2.27 bits per heavy atom. The van der Waals surface area contributed by atoms with Gasteiger partial charge in [0.05, 0.1) is 0 Å². The van der Waals surface area contributed by atoms with Crippen molar-refractivity contribution in [2.75, 3.05) is 0 Å². The molecule has 0 aromatic heterocycles. The van der Waals surface area contributed by atoms with E-state index in [9.17, 15) is 0 Å². The van der Waals surface area contributed by atoms with Crippen LogP contribution in [0.4, 0.5) is 0 Å². The van der Waals surface area contributed by atoms with Crippen LogP contribution in [0.2, 0.25) is 0 Å². The average molecular weight is 201 g/mol. The molecule has 1 aromatic rings. The highest BCUT2D eigenvalue weighted by atomic mass is 14.0. The first-order chi connectivity index (χ1) is 7.15. The molecule has 0 saturated heterocycles. The maximum absolute atomic E-state index is 3.42. The Bertz CT molecular complexity index is 322. The van der Waals surface area contributed by atoms with Crippen LogP contribution in [0, 0.1) is 26.8 Å². The fourth-order valence-corrected chi connectivity index (χ4v) is 1.89. The van der Waals surface area contributed by atoms with Gasteiger partial charge in [0.25, 0.3) is 0 Å². The van der Waals surface area contributed by atoms with Crippen LogP contribution in [-0.4, -0.2) is 0 Å². The third-order valence-electron chi connectivity index (χ3n) is 2.63. The Balaban J connectivity index is 2.80. The van der Waals surface area contributed by atoms with Gasteiger partial charge in [-0.15, -0.1) is 0 Å². The lowest BCUT2D eigenvalue weighted by Crippen LogP contribution is -1.89. The predicted molar refractivity (Wildman–Crippen MR) is 67.1 cm³/mol. The van der Waals surface area contributed by atoms with Gasteiger partial charge in [-0.3, -0.25) is 0 Å². The molecule has 0 atom stereocenters. The number of hydrogen-bond acceptors (Lipinski definition) is 0. The van der Waals surface area contributed by atoms with Crippen LogP contribution in [0.5, 0.6) is 0 Å². The van der Waals surface area contributed by atoms with Crippen molar-refractivity contribution >= 4 is 0 Å². The highest BCUT2D eigenvalue weighted by molar-refractivity contribution is 5.41. The first-order valence-corrected chi connectivity index (χ1v) is 5.81. The molecule has 0 aliphatic rings. The second-order valence-electron chi connectivity index (χ2n) is 4.26. The lowest BCUT2D eigenvalue weighted by atomic mass is 9.99. The Morgan fingerprint density at radius 1 is 1.13 bits per heavy atom. The molecule has 0 aliphatic heterocycles. The van der Waals surface area contributed by atoms with Crippen LogP contribution in [0.1, 0.15) is 48.4 Å². The number of benzene rings is 1. The minimum Gasteiger partial charge on any atom is -0.0760 e. The van der Waals surface area contributed by atoms with Crippen molar-refractivity contribution < 1.29 is 0 Å². The van der Waals surface area contributed by atoms with E-state index in [1.165, 1.54) is 35.1 Å². The maximum Gasteiger partial charge on any atom is -0.0122 e. The van der Waals surface area contributed by atoms with Crippen molar-refractivity contribution in [1.29, 1.82) is 0 Å². The summed E-state index contributed by atoms with van der Waals surface area (Å²) in [5.74, 6) is 0. The lowest BCUT2D eigenvalue weighted by Gasteiger charge is -2.06. The van der Waals surface area contributed by atoms with E-state index in [0.717, 1.165) is 6.42 Å². The Morgan fingerprint density at radius 2 is 1.73 bits per heavy atom. The van der Waals surface area contributed by atoms with Gasteiger partial charge in [0, 0.05) is 0 Å². The predicted octanol–water partition coefficient (Wildman–Crippen LogP) is 4.51. The summed E-state index contributed by atoms with van der Waals surface area (Å²) < 4.78 is 0. The van der Waals surface area contributed by atoms with E-state index < -0.39 is 0 Å². The molecule has 0 aliphatic carbocycles. The third kappa shape index (κ3) is 3.54. The number of allylic oxidation sites excluding steroid dienone is 1. The number of hydrogen-bond donors (Lipinski definition) is 0. The largest absolute Gasteiger partial charge is 0.0760 e. The van der Waals surface area contributed by atoms with E-state index in [2.05, 4.69) is 52.0 Å². The van der Waals surface area contributed by atoms with Crippen molar-refractivity contribution in [3.05, 3.63) is 46.5 Å². The van der Waals surface area contributed by atoms with Gasteiger partial charge in [-0.1, -0.05) is 43.5 Å². The molecule has 0 N–H and O–H groups in total. The molecule has 0 nitrogen and oxygen atoms in total. The van der Waals surface area contributed by atoms with Crippen LogP contribution < -0.4 is 0 Å². The average Bonchev–Trinajstić information content (AvgIpc) is 2.15. The number of unbranched alkanes of at least 4 members (excludes halogenated alkanes) is 2. The molecule has 0 saturated carbocycles. The lowest BCUT2D eigenvalue weighted by molar-refractivity contribution is 0.813. The zero-order valence-electron chi connectivity index (χ0n) is 10.4. The summed E-state index contributed by atoms with van der Waals surface area (Å²) in [5.41, 5.74) is 5.28.